The van der Waals surface area contributed by atoms with Gasteiger partial charge in [0.1, 0.15) is 11.3 Å². The van der Waals surface area contributed by atoms with E-state index < -0.39 is 11.7 Å². The van der Waals surface area contributed by atoms with Crippen molar-refractivity contribution in [3.8, 4) is 0 Å². The molecular formula is C18H23N3O3. The second-order valence-electron chi connectivity index (χ2n) is 6.40. The molecular weight excluding hydrogens is 306 g/mol. The Balaban J connectivity index is 2.03. The van der Waals surface area contributed by atoms with E-state index in [4.69, 9.17) is 4.74 Å². The van der Waals surface area contributed by atoms with Gasteiger partial charge in [0, 0.05) is 12.7 Å². The Morgan fingerprint density at radius 1 is 1.12 bits per heavy atom. The van der Waals surface area contributed by atoms with Crippen LogP contribution < -0.4 is 10.6 Å². The Bertz CT molecular complexity index is 661. The molecule has 2 aromatic rings. The van der Waals surface area contributed by atoms with Gasteiger partial charge in [-0.2, -0.15) is 0 Å². The summed E-state index contributed by atoms with van der Waals surface area (Å²) >= 11 is 0. The maximum atomic E-state index is 12.1. The number of alkyl carbamates (subject to hydrolysis) is 1. The second kappa shape index (κ2) is 7.68. The highest BCUT2D eigenvalue weighted by Gasteiger charge is 2.21. The summed E-state index contributed by atoms with van der Waals surface area (Å²) in [5.74, 6) is -0.230. The zero-order chi connectivity index (χ0) is 17.6. The molecule has 0 radical (unpaired) electrons. The van der Waals surface area contributed by atoms with E-state index in [1.807, 2.05) is 30.3 Å². The van der Waals surface area contributed by atoms with Gasteiger partial charge >= 0.3 is 6.09 Å². The Labute approximate surface area is 141 Å². The average Bonchev–Trinajstić information content (AvgIpc) is 3.04. The number of rotatable bonds is 5. The number of carbonyl (C=O) groups is 2. The molecule has 2 amide bonds. The van der Waals surface area contributed by atoms with E-state index in [2.05, 4.69) is 15.6 Å². The first-order valence-electron chi connectivity index (χ1n) is 7.81. The van der Waals surface area contributed by atoms with Gasteiger partial charge in [-0.3, -0.25) is 4.79 Å². The maximum Gasteiger partial charge on any atom is 0.408 e. The lowest BCUT2D eigenvalue weighted by Crippen LogP contribution is -2.40. The van der Waals surface area contributed by atoms with E-state index in [0.717, 1.165) is 5.56 Å². The summed E-state index contributed by atoms with van der Waals surface area (Å²) in [5, 5.41) is 5.62. The van der Waals surface area contributed by atoms with Crippen LogP contribution in [0.5, 0.6) is 0 Å². The number of aromatic nitrogens is 1. The third kappa shape index (κ3) is 5.46. The molecule has 1 aromatic carbocycles. The topological polar surface area (TPSA) is 83.2 Å². The van der Waals surface area contributed by atoms with Gasteiger partial charge in [0.15, 0.2) is 0 Å². The summed E-state index contributed by atoms with van der Waals surface area (Å²) in [5.41, 5.74) is 0.771. The lowest BCUT2D eigenvalue weighted by atomic mass is 10.1. The zero-order valence-corrected chi connectivity index (χ0v) is 14.1. The second-order valence-corrected chi connectivity index (χ2v) is 6.40. The maximum absolute atomic E-state index is 12.1. The Morgan fingerprint density at radius 2 is 1.83 bits per heavy atom. The molecule has 0 aliphatic carbocycles. The first-order valence-corrected chi connectivity index (χ1v) is 7.81. The van der Waals surface area contributed by atoms with Gasteiger partial charge in [-0.15, -0.1) is 0 Å². The quantitative estimate of drug-likeness (QED) is 0.788. The standard InChI is InChI=1S/C18H23N3O3/c1-18(2,3)24-17(23)21-15(13-8-5-4-6-9-13)12-20-16(22)14-10-7-11-19-14/h4-11,15,19H,12H2,1-3H3,(H,20,22)(H,21,23). The van der Waals surface area contributed by atoms with Gasteiger partial charge in [-0.1, -0.05) is 30.3 Å². The van der Waals surface area contributed by atoms with Crippen LogP contribution in [0.1, 0.15) is 42.9 Å². The summed E-state index contributed by atoms with van der Waals surface area (Å²) in [7, 11) is 0. The fourth-order valence-electron chi connectivity index (χ4n) is 2.15. The van der Waals surface area contributed by atoms with Crippen molar-refractivity contribution < 1.29 is 14.3 Å². The molecule has 1 heterocycles. The predicted octanol–water partition coefficient (Wildman–Crippen LogP) is 3.01. The van der Waals surface area contributed by atoms with Crippen molar-refractivity contribution in [3.05, 3.63) is 59.9 Å². The number of hydrogen-bond donors (Lipinski definition) is 3. The molecule has 6 heteroatoms. The summed E-state index contributed by atoms with van der Waals surface area (Å²) in [6, 6.07) is 12.5. The fraction of sp³-hybridized carbons (Fsp3) is 0.333. The van der Waals surface area contributed by atoms with Crippen molar-refractivity contribution in [2.45, 2.75) is 32.4 Å². The van der Waals surface area contributed by atoms with E-state index in [1.54, 1.807) is 39.1 Å². The SMILES string of the molecule is CC(C)(C)OC(=O)NC(CNC(=O)c1ccc[nH]1)c1ccccc1. The number of aromatic amines is 1. The zero-order valence-electron chi connectivity index (χ0n) is 14.1. The molecule has 1 atom stereocenters. The molecule has 6 nitrogen and oxygen atoms in total. The normalized spacial score (nSPS) is 12.3. The van der Waals surface area contributed by atoms with Crippen LogP contribution in [-0.4, -0.2) is 29.1 Å². The Kier molecular flexibility index (Phi) is 5.63. The molecule has 3 N–H and O–H groups in total. The van der Waals surface area contributed by atoms with Crippen LogP contribution in [0.3, 0.4) is 0 Å². The van der Waals surface area contributed by atoms with Gasteiger partial charge in [-0.05, 0) is 38.5 Å². The van der Waals surface area contributed by atoms with Gasteiger partial charge in [0.05, 0.1) is 6.04 Å². The molecule has 2 rings (SSSR count). The number of benzene rings is 1. The van der Waals surface area contributed by atoms with Crippen LogP contribution in [-0.2, 0) is 4.74 Å². The van der Waals surface area contributed by atoms with Gasteiger partial charge in [-0.25, -0.2) is 4.79 Å². The molecule has 0 spiro atoms. The summed E-state index contributed by atoms with van der Waals surface area (Å²) in [6.07, 6.45) is 1.16. The Morgan fingerprint density at radius 3 is 2.42 bits per heavy atom. The first kappa shape index (κ1) is 17.6. The van der Waals surface area contributed by atoms with Crippen LogP contribution in [0, 0.1) is 0 Å². The third-order valence-corrected chi connectivity index (χ3v) is 3.20. The molecule has 0 bridgehead atoms. The van der Waals surface area contributed by atoms with Crippen molar-refractivity contribution in [1.82, 2.24) is 15.6 Å². The van der Waals surface area contributed by atoms with Crippen LogP contribution in [0.15, 0.2) is 48.7 Å². The summed E-state index contributed by atoms with van der Waals surface area (Å²) in [4.78, 5) is 27.0. The predicted molar refractivity (Wildman–Crippen MR) is 91.7 cm³/mol. The number of H-pyrrole nitrogens is 1. The molecule has 0 fully saturated rings. The molecule has 128 valence electrons. The largest absolute Gasteiger partial charge is 0.444 e. The Hall–Kier alpha value is -2.76. The first-order chi connectivity index (χ1) is 11.3. The van der Waals surface area contributed by atoms with Crippen molar-refractivity contribution in [2.75, 3.05) is 6.54 Å². The lowest BCUT2D eigenvalue weighted by molar-refractivity contribution is 0.0501. The number of nitrogens with one attached hydrogen (secondary N) is 3. The number of ether oxygens (including phenoxy) is 1. The minimum Gasteiger partial charge on any atom is -0.444 e. The average molecular weight is 329 g/mol. The highest BCUT2D eigenvalue weighted by atomic mass is 16.6. The number of carbonyl (C=O) groups excluding carboxylic acids is 2. The lowest BCUT2D eigenvalue weighted by Gasteiger charge is -2.24. The fourth-order valence-corrected chi connectivity index (χ4v) is 2.15. The minimum absolute atomic E-state index is 0.230. The molecule has 0 saturated heterocycles. The van der Waals surface area contributed by atoms with Crippen LogP contribution >= 0.6 is 0 Å². The van der Waals surface area contributed by atoms with Gasteiger partial charge < -0.3 is 20.4 Å². The monoisotopic (exact) mass is 329 g/mol. The van der Waals surface area contributed by atoms with Gasteiger partial charge in [0.25, 0.3) is 5.91 Å². The van der Waals surface area contributed by atoms with Crippen LogP contribution in [0.25, 0.3) is 0 Å². The van der Waals surface area contributed by atoms with E-state index in [9.17, 15) is 9.59 Å². The molecule has 0 aliphatic heterocycles. The summed E-state index contributed by atoms with van der Waals surface area (Å²) < 4.78 is 5.30. The van der Waals surface area contributed by atoms with Crippen LogP contribution in [0.2, 0.25) is 0 Å². The minimum atomic E-state index is -0.585. The van der Waals surface area contributed by atoms with Crippen molar-refractivity contribution in [3.63, 3.8) is 0 Å². The molecule has 1 unspecified atom stereocenters. The van der Waals surface area contributed by atoms with Gasteiger partial charge in [0.2, 0.25) is 0 Å². The number of hydrogen-bond acceptors (Lipinski definition) is 3. The summed E-state index contributed by atoms with van der Waals surface area (Å²) in [6.45, 7) is 5.66. The highest BCUT2D eigenvalue weighted by Crippen LogP contribution is 2.14. The van der Waals surface area contributed by atoms with Crippen molar-refractivity contribution >= 4 is 12.0 Å². The van der Waals surface area contributed by atoms with Crippen molar-refractivity contribution in [1.29, 1.82) is 0 Å². The van der Waals surface area contributed by atoms with Crippen LogP contribution in [0.4, 0.5) is 4.79 Å². The van der Waals surface area contributed by atoms with E-state index in [-0.39, 0.29) is 18.5 Å². The smallest absolute Gasteiger partial charge is 0.408 e. The molecule has 1 aromatic heterocycles. The molecule has 0 saturated carbocycles. The number of amides is 2. The molecule has 24 heavy (non-hydrogen) atoms. The van der Waals surface area contributed by atoms with E-state index >= 15 is 0 Å². The van der Waals surface area contributed by atoms with E-state index in [1.165, 1.54) is 0 Å². The molecule has 0 aliphatic rings. The third-order valence-electron chi connectivity index (χ3n) is 3.20. The highest BCUT2D eigenvalue weighted by molar-refractivity contribution is 5.92. The van der Waals surface area contributed by atoms with Crippen molar-refractivity contribution in [2.24, 2.45) is 0 Å². The van der Waals surface area contributed by atoms with E-state index in [0.29, 0.717) is 5.69 Å².